The molecule has 0 bridgehead atoms. The third kappa shape index (κ3) is 5.35. The van der Waals surface area contributed by atoms with Crippen LogP contribution in [0.25, 0.3) is 0 Å². The van der Waals surface area contributed by atoms with Crippen LogP contribution in [-0.2, 0) is 14.8 Å². The van der Waals surface area contributed by atoms with Gasteiger partial charge in [0.15, 0.2) is 6.61 Å². The fraction of sp³-hybridized carbons (Fsp3) is 0.174. The zero-order chi connectivity index (χ0) is 22.3. The molecule has 162 valence electrons. The number of ether oxygens (including phenoxy) is 2. The Morgan fingerprint density at radius 1 is 0.935 bits per heavy atom. The Kier molecular flexibility index (Phi) is 7.15. The van der Waals surface area contributed by atoms with Gasteiger partial charge in [0.1, 0.15) is 16.4 Å². The third-order valence-electron chi connectivity index (χ3n) is 4.47. The number of carbonyl (C=O) groups excluding carboxylic acids is 1. The second kappa shape index (κ2) is 9.99. The molecule has 0 fully saturated rings. The Bertz CT molecular complexity index is 1130. The molecule has 0 heterocycles. The number of hydrogen-bond donors (Lipinski definition) is 1. The van der Waals surface area contributed by atoms with Crippen molar-refractivity contribution in [1.29, 1.82) is 0 Å². The average molecular weight is 441 g/mol. The molecule has 0 saturated carbocycles. The summed E-state index contributed by atoms with van der Waals surface area (Å²) in [5.74, 6) is 0.597. The van der Waals surface area contributed by atoms with Crippen molar-refractivity contribution in [2.45, 2.75) is 11.8 Å². The first kappa shape index (κ1) is 22.2. The number of methoxy groups -OCH3 is 1. The van der Waals surface area contributed by atoms with Crippen LogP contribution in [0.15, 0.2) is 83.8 Å². The van der Waals surface area contributed by atoms with Crippen molar-refractivity contribution in [2.24, 2.45) is 0 Å². The summed E-state index contributed by atoms with van der Waals surface area (Å²) in [7, 11) is -2.36. The maximum Gasteiger partial charge on any atom is 0.266 e. The molecule has 3 rings (SSSR count). The normalized spacial score (nSPS) is 10.9. The smallest absolute Gasteiger partial charge is 0.266 e. The number of sulfonamides is 1. The number of para-hydroxylation sites is 2. The maximum absolute atomic E-state index is 13.3. The lowest BCUT2D eigenvalue weighted by molar-refractivity contribution is -0.118. The molecule has 0 atom stereocenters. The van der Waals surface area contributed by atoms with E-state index in [-0.39, 0.29) is 23.7 Å². The monoisotopic (exact) mass is 440 g/mol. The number of nitrogens with one attached hydrogen (secondary N) is 1. The van der Waals surface area contributed by atoms with E-state index < -0.39 is 15.9 Å². The summed E-state index contributed by atoms with van der Waals surface area (Å²) in [5.41, 5.74) is 0.739. The average Bonchev–Trinajstić information content (AvgIpc) is 2.79. The van der Waals surface area contributed by atoms with Gasteiger partial charge in [-0.1, -0.05) is 36.4 Å². The molecule has 0 spiro atoms. The molecule has 0 aliphatic heterocycles. The SMILES string of the molecule is CCN(c1ccccc1)S(=O)(=O)c1ccccc1NC(=O)COc1cccc(OC)c1. The minimum absolute atomic E-state index is 0.00966. The van der Waals surface area contributed by atoms with Crippen molar-refractivity contribution in [2.75, 3.05) is 29.9 Å². The van der Waals surface area contributed by atoms with E-state index in [0.29, 0.717) is 17.2 Å². The predicted octanol–water partition coefficient (Wildman–Crippen LogP) is 3.93. The molecule has 0 saturated heterocycles. The number of rotatable bonds is 9. The van der Waals surface area contributed by atoms with Crippen molar-refractivity contribution < 1.29 is 22.7 Å². The molecule has 0 unspecified atom stereocenters. The van der Waals surface area contributed by atoms with E-state index in [4.69, 9.17) is 9.47 Å². The van der Waals surface area contributed by atoms with E-state index in [1.165, 1.54) is 17.5 Å². The molecule has 1 amide bonds. The first-order valence-corrected chi connectivity index (χ1v) is 11.1. The van der Waals surface area contributed by atoms with Crippen LogP contribution < -0.4 is 19.1 Å². The Morgan fingerprint density at radius 3 is 2.32 bits per heavy atom. The molecule has 0 aromatic heterocycles. The van der Waals surface area contributed by atoms with Crippen LogP contribution in [0.1, 0.15) is 6.92 Å². The van der Waals surface area contributed by atoms with Crippen LogP contribution in [0, 0.1) is 0 Å². The summed E-state index contributed by atoms with van der Waals surface area (Å²) >= 11 is 0. The summed E-state index contributed by atoms with van der Waals surface area (Å²) in [4.78, 5) is 12.5. The number of nitrogens with zero attached hydrogens (tertiary/aromatic N) is 1. The Labute approximate surface area is 182 Å². The van der Waals surface area contributed by atoms with Crippen molar-refractivity contribution in [3.05, 3.63) is 78.9 Å². The van der Waals surface area contributed by atoms with Gasteiger partial charge in [-0.15, -0.1) is 0 Å². The van der Waals surface area contributed by atoms with Crippen molar-refractivity contribution in [3.63, 3.8) is 0 Å². The molecule has 8 heteroatoms. The third-order valence-corrected chi connectivity index (χ3v) is 6.43. The summed E-state index contributed by atoms with van der Waals surface area (Å²) in [6.07, 6.45) is 0. The van der Waals surface area contributed by atoms with Gasteiger partial charge < -0.3 is 14.8 Å². The van der Waals surface area contributed by atoms with Crippen LogP contribution in [0.4, 0.5) is 11.4 Å². The van der Waals surface area contributed by atoms with Gasteiger partial charge in [-0.25, -0.2) is 8.42 Å². The minimum atomic E-state index is -3.90. The number of anilines is 2. The van der Waals surface area contributed by atoms with E-state index >= 15 is 0 Å². The van der Waals surface area contributed by atoms with Gasteiger partial charge in [0.05, 0.1) is 18.5 Å². The highest BCUT2D eigenvalue weighted by Gasteiger charge is 2.26. The number of benzene rings is 3. The zero-order valence-electron chi connectivity index (χ0n) is 17.3. The van der Waals surface area contributed by atoms with E-state index in [1.807, 2.05) is 6.07 Å². The van der Waals surface area contributed by atoms with E-state index in [9.17, 15) is 13.2 Å². The van der Waals surface area contributed by atoms with E-state index in [0.717, 1.165) is 0 Å². The molecule has 0 radical (unpaired) electrons. The van der Waals surface area contributed by atoms with Gasteiger partial charge in [0, 0.05) is 12.6 Å². The summed E-state index contributed by atoms with van der Waals surface area (Å²) in [6, 6.07) is 22.0. The number of amides is 1. The molecule has 1 N–H and O–H groups in total. The lowest BCUT2D eigenvalue weighted by atomic mass is 10.3. The van der Waals surface area contributed by atoms with Gasteiger partial charge in [-0.2, -0.15) is 0 Å². The number of hydrogen-bond acceptors (Lipinski definition) is 5. The Morgan fingerprint density at radius 2 is 1.61 bits per heavy atom. The molecule has 0 aliphatic carbocycles. The highest BCUT2D eigenvalue weighted by Crippen LogP contribution is 2.28. The van der Waals surface area contributed by atoms with Crippen LogP contribution in [0.5, 0.6) is 11.5 Å². The molecular formula is C23H24N2O5S. The van der Waals surface area contributed by atoms with Crippen LogP contribution >= 0.6 is 0 Å². The highest BCUT2D eigenvalue weighted by molar-refractivity contribution is 7.93. The minimum Gasteiger partial charge on any atom is -0.497 e. The second-order valence-corrected chi connectivity index (χ2v) is 8.35. The van der Waals surface area contributed by atoms with Crippen LogP contribution in [0.3, 0.4) is 0 Å². The van der Waals surface area contributed by atoms with Gasteiger partial charge >= 0.3 is 0 Å². The van der Waals surface area contributed by atoms with E-state index in [2.05, 4.69) is 5.32 Å². The first-order valence-electron chi connectivity index (χ1n) is 9.69. The summed E-state index contributed by atoms with van der Waals surface area (Å²) < 4.78 is 38.6. The molecular weight excluding hydrogens is 416 g/mol. The molecule has 7 nitrogen and oxygen atoms in total. The van der Waals surface area contributed by atoms with Crippen molar-refractivity contribution >= 4 is 27.3 Å². The number of carbonyl (C=O) groups is 1. The molecule has 31 heavy (non-hydrogen) atoms. The predicted molar refractivity (Wildman–Crippen MR) is 120 cm³/mol. The first-order chi connectivity index (χ1) is 15.0. The second-order valence-electron chi connectivity index (χ2n) is 6.52. The quantitative estimate of drug-likeness (QED) is 0.545. The van der Waals surface area contributed by atoms with Crippen LogP contribution in [-0.4, -0.2) is 34.6 Å². The fourth-order valence-corrected chi connectivity index (χ4v) is 4.65. The van der Waals surface area contributed by atoms with Gasteiger partial charge in [0.25, 0.3) is 15.9 Å². The largest absolute Gasteiger partial charge is 0.497 e. The van der Waals surface area contributed by atoms with E-state index in [1.54, 1.807) is 73.7 Å². The Hall–Kier alpha value is -3.52. The lowest BCUT2D eigenvalue weighted by Crippen LogP contribution is -2.32. The van der Waals surface area contributed by atoms with Crippen molar-refractivity contribution in [1.82, 2.24) is 0 Å². The fourth-order valence-electron chi connectivity index (χ4n) is 3.03. The van der Waals surface area contributed by atoms with Gasteiger partial charge in [-0.05, 0) is 43.3 Å². The molecule has 0 aliphatic rings. The summed E-state index contributed by atoms with van der Waals surface area (Å²) in [5, 5.41) is 2.64. The van der Waals surface area contributed by atoms with Gasteiger partial charge in [0.2, 0.25) is 0 Å². The highest BCUT2D eigenvalue weighted by atomic mass is 32.2. The zero-order valence-corrected chi connectivity index (χ0v) is 18.1. The van der Waals surface area contributed by atoms with Crippen LogP contribution in [0.2, 0.25) is 0 Å². The standard InChI is InChI=1S/C23H24N2O5S/c1-3-25(18-10-5-4-6-11-18)31(27,28)22-15-8-7-14-21(22)24-23(26)17-30-20-13-9-12-19(16-20)29-2/h4-16H,3,17H2,1-2H3,(H,24,26). The maximum atomic E-state index is 13.3. The lowest BCUT2D eigenvalue weighted by Gasteiger charge is -2.24. The molecule has 3 aromatic rings. The molecule has 3 aromatic carbocycles. The Balaban J connectivity index is 1.78. The van der Waals surface area contributed by atoms with Gasteiger partial charge in [-0.3, -0.25) is 9.10 Å². The summed E-state index contributed by atoms with van der Waals surface area (Å²) in [6.45, 7) is 1.72. The topological polar surface area (TPSA) is 84.9 Å². The van der Waals surface area contributed by atoms with Crippen molar-refractivity contribution in [3.8, 4) is 11.5 Å².